The van der Waals surface area contributed by atoms with E-state index in [-0.39, 0.29) is 23.8 Å². The summed E-state index contributed by atoms with van der Waals surface area (Å²) in [4.78, 5) is 10.5. The number of carbonyl (C=O) groups is 1. The van der Waals surface area contributed by atoms with Gasteiger partial charge in [0.05, 0.1) is 23.6 Å². The molecule has 6 heteroatoms. The van der Waals surface area contributed by atoms with Crippen LogP contribution < -0.4 is 0 Å². The molecule has 0 unspecified atom stereocenters. The summed E-state index contributed by atoms with van der Waals surface area (Å²) in [6.07, 6.45) is -4.83. The first-order chi connectivity index (χ1) is 7.93. The molecular formula is C11H5F3N2O. The third-order valence-electron chi connectivity index (χ3n) is 2.07. The zero-order valence-electron chi connectivity index (χ0n) is 8.38. The Hall–Kier alpha value is -2.34. The van der Waals surface area contributed by atoms with Gasteiger partial charge in [0.25, 0.3) is 0 Å². The van der Waals surface area contributed by atoms with Gasteiger partial charge >= 0.3 is 6.18 Å². The second kappa shape index (κ2) is 4.67. The number of hydrogen-bond donors (Lipinski definition) is 0. The van der Waals surface area contributed by atoms with Crippen LogP contribution in [0.3, 0.4) is 0 Å². The van der Waals surface area contributed by atoms with Gasteiger partial charge in [-0.3, -0.25) is 4.79 Å². The highest BCUT2D eigenvalue weighted by atomic mass is 19.4. The van der Waals surface area contributed by atoms with Crippen molar-refractivity contribution in [1.29, 1.82) is 10.5 Å². The minimum atomic E-state index is -4.73. The molecule has 0 N–H and O–H groups in total. The smallest absolute Gasteiger partial charge is 0.298 e. The number of hydrogen-bond acceptors (Lipinski definition) is 3. The molecule has 0 aromatic heterocycles. The van der Waals surface area contributed by atoms with Gasteiger partial charge in [0.15, 0.2) is 0 Å². The Bertz CT molecular complexity index is 535. The predicted octanol–water partition coefficient (Wildman–Crippen LogP) is 2.46. The molecule has 17 heavy (non-hydrogen) atoms. The summed E-state index contributed by atoms with van der Waals surface area (Å²) in [7, 11) is 0. The Morgan fingerprint density at radius 2 is 1.94 bits per heavy atom. The summed E-state index contributed by atoms with van der Waals surface area (Å²) in [5.74, 6) is 0. The number of aldehydes is 1. The second-order valence-corrected chi connectivity index (χ2v) is 3.16. The fraction of sp³-hybridized carbons (Fsp3) is 0.182. The molecule has 3 nitrogen and oxygen atoms in total. The van der Waals surface area contributed by atoms with E-state index < -0.39 is 17.3 Å². The second-order valence-electron chi connectivity index (χ2n) is 3.16. The van der Waals surface area contributed by atoms with Gasteiger partial charge in [-0.2, -0.15) is 23.7 Å². The van der Waals surface area contributed by atoms with Gasteiger partial charge < -0.3 is 0 Å². The molecule has 0 aliphatic heterocycles. The number of rotatable bonds is 2. The molecule has 1 rings (SSSR count). The first kappa shape index (κ1) is 12.7. The summed E-state index contributed by atoms with van der Waals surface area (Å²) in [5.41, 5.74) is -2.09. The lowest BCUT2D eigenvalue weighted by Crippen LogP contribution is -2.11. The zero-order chi connectivity index (χ0) is 13.1. The summed E-state index contributed by atoms with van der Waals surface area (Å²) >= 11 is 0. The van der Waals surface area contributed by atoms with Gasteiger partial charge in [-0.15, -0.1) is 0 Å². The van der Waals surface area contributed by atoms with E-state index in [4.69, 9.17) is 10.5 Å². The summed E-state index contributed by atoms with van der Waals surface area (Å²) in [6, 6.07) is 4.79. The van der Waals surface area contributed by atoms with Crippen molar-refractivity contribution in [3.05, 3.63) is 34.4 Å². The van der Waals surface area contributed by atoms with Gasteiger partial charge in [0.2, 0.25) is 0 Å². The van der Waals surface area contributed by atoms with Crippen LogP contribution in [0.4, 0.5) is 13.2 Å². The van der Waals surface area contributed by atoms with Crippen molar-refractivity contribution in [2.45, 2.75) is 12.6 Å². The molecule has 0 saturated carbocycles. The highest BCUT2D eigenvalue weighted by Gasteiger charge is 2.35. The topological polar surface area (TPSA) is 64.7 Å². The van der Waals surface area contributed by atoms with Crippen molar-refractivity contribution in [1.82, 2.24) is 0 Å². The van der Waals surface area contributed by atoms with Crippen molar-refractivity contribution in [3.8, 4) is 12.1 Å². The van der Waals surface area contributed by atoms with Crippen molar-refractivity contribution in [3.63, 3.8) is 0 Å². The Morgan fingerprint density at radius 3 is 2.35 bits per heavy atom. The van der Waals surface area contributed by atoms with Crippen LogP contribution in [0.1, 0.15) is 27.0 Å². The van der Waals surface area contributed by atoms with Gasteiger partial charge in [0.1, 0.15) is 12.4 Å². The van der Waals surface area contributed by atoms with E-state index >= 15 is 0 Å². The van der Waals surface area contributed by atoms with Crippen LogP contribution in [0, 0.1) is 22.7 Å². The first-order valence-electron chi connectivity index (χ1n) is 4.40. The molecule has 1 aromatic rings. The minimum absolute atomic E-state index is 0.0908. The van der Waals surface area contributed by atoms with E-state index in [2.05, 4.69) is 0 Å². The molecule has 0 fully saturated rings. The van der Waals surface area contributed by atoms with Gasteiger partial charge in [-0.1, -0.05) is 0 Å². The van der Waals surface area contributed by atoms with Crippen LogP contribution in [0.2, 0.25) is 0 Å². The van der Waals surface area contributed by atoms with Crippen LogP contribution >= 0.6 is 0 Å². The van der Waals surface area contributed by atoms with Gasteiger partial charge in [-0.25, -0.2) is 0 Å². The minimum Gasteiger partial charge on any atom is -0.298 e. The normalized spacial score (nSPS) is 10.4. The number of alkyl halides is 3. The van der Waals surface area contributed by atoms with Crippen molar-refractivity contribution in [2.75, 3.05) is 0 Å². The maximum absolute atomic E-state index is 12.6. The molecule has 0 radical (unpaired) electrons. The Kier molecular flexibility index (Phi) is 3.49. The van der Waals surface area contributed by atoms with E-state index in [1.54, 1.807) is 6.07 Å². The average Bonchev–Trinajstić information content (AvgIpc) is 2.27. The van der Waals surface area contributed by atoms with E-state index in [0.29, 0.717) is 6.07 Å². The summed E-state index contributed by atoms with van der Waals surface area (Å²) in [5, 5.41) is 17.2. The molecule has 0 aliphatic carbocycles. The van der Waals surface area contributed by atoms with E-state index in [0.717, 1.165) is 6.07 Å². The molecule has 0 atom stereocenters. The van der Waals surface area contributed by atoms with Crippen LogP contribution in [0.25, 0.3) is 0 Å². The van der Waals surface area contributed by atoms with E-state index in [9.17, 15) is 18.0 Å². The molecule has 86 valence electrons. The Balaban J connectivity index is 3.59. The maximum Gasteiger partial charge on any atom is 0.417 e. The summed E-state index contributed by atoms with van der Waals surface area (Å²) < 4.78 is 37.9. The SMILES string of the molecule is N#CCc1cc(C=O)cc(C(F)(F)F)c1C#N. The van der Waals surface area contributed by atoms with Gasteiger partial charge in [0, 0.05) is 5.56 Å². The molecule has 0 saturated heterocycles. The predicted molar refractivity (Wildman–Crippen MR) is 50.9 cm³/mol. The quantitative estimate of drug-likeness (QED) is 0.743. The van der Waals surface area contributed by atoms with E-state index in [1.807, 2.05) is 0 Å². The van der Waals surface area contributed by atoms with Gasteiger partial charge in [-0.05, 0) is 17.7 Å². The molecule has 0 heterocycles. The van der Waals surface area contributed by atoms with Crippen molar-refractivity contribution < 1.29 is 18.0 Å². The summed E-state index contributed by atoms with van der Waals surface area (Å²) in [6.45, 7) is 0. The number of halogens is 3. The molecular weight excluding hydrogens is 233 g/mol. The number of carbonyl (C=O) groups excluding carboxylic acids is 1. The van der Waals surface area contributed by atoms with Crippen molar-refractivity contribution in [2.24, 2.45) is 0 Å². The number of benzene rings is 1. The zero-order valence-corrected chi connectivity index (χ0v) is 8.38. The largest absolute Gasteiger partial charge is 0.417 e. The number of nitriles is 2. The van der Waals surface area contributed by atoms with Crippen LogP contribution in [-0.2, 0) is 12.6 Å². The monoisotopic (exact) mass is 238 g/mol. The third kappa shape index (κ3) is 2.61. The van der Waals surface area contributed by atoms with E-state index in [1.165, 1.54) is 6.07 Å². The molecule has 0 amide bonds. The standard InChI is InChI=1S/C11H5F3N2O/c12-11(13,14)10-4-7(6-17)3-8(1-2-15)9(10)5-16/h3-4,6H,1H2. The lowest BCUT2D eigenvalue weighted by Gasteiger charge is -2.11. The molecule has 0 aliphatic rings. The Labute approximate surface area is 94.7 Å². The van der Waals surface area contributed by atoms with Crippen molar-refractivity contribution >= 4 is 6.29 Å². The fourth-order valence-corrected chi connectivity index (χ4v) is 1.38. The lowest BCUT2D eigenvalue weighted by molar-refractivity contribution is -0.137. The maximum atomic E-state index is 12.6. The van der Waals surface area contributed by atoms with Crippen LogP contribution in [0.5, 0.6) is 0 Å². The first-order valence-corrected chi connectivity index (χ1v) is 4.40. The van der Waals surface area contributed by atoms with Crippen LogP contribution in [-0.4, -0.2) is 6.29 Å². The highest BCUT2D eigenvalue weighted by Crippen LogP contribution is 2.34. The molecule has 0 bridgehead atoms. The highest BCUT2D eigenvalue weighted by molar-refractivity contribution is 5.76. The lowest BCUT2D eigenvalue weighted by atomic mass is 9.96. The van der Waals surface area contributed by atoms with Crippen LogP contribution in [0.15, 0.2) is 12.1 Å². The average molecular weight is 238 g/mol. The Morgan fingerprint density at radius 1 is 1.29 bits per heavy atom. The number of nitrogens with zero attached hydrogens (tertiary/aromatic N) is 2. The molecule has 1 aromatic carbocycles. The fourth-order valence-electron chi connectivity index (χ4n) is 1.38. The third-order valence-corrected chi connectivity index (χ3v) is 2.07. The molecule has 0 spiro atoms.